The van der Waals surface area contributed by atoms with Crippen LogP contribution in [-0.2, 0) is 11.3 Å². The van der Waals surface area contributed by atoms with Crippen LogP contribution in [0.25, 0.3) is 11.5 Å². The molecule has 0 amide bonds. The highest BCUT2D eigenvalue weighted by atomic mass is 16.5. The number of rotatable bonds is 6. The van der Waals surface area contributed by atoms with Crippen molar-refractivity contribution >= 4 is 0 Å². The van der Waals surface area contributed by atoms with Gasteiger partial charge in [-0.25, -0.2) is 0 Å². The number of pyridine rings is 1. The lowest BCUT2D eigenvalue weighted by Gasteiger charge is -2.18. The van der Waals surface area contributed by atoms with Crippen LogP contribution in [-0.4, -0.2) is 52.4 Å². The number of benzene rings is 1. The summed E-state index contributed by atoms with van der Waals surface area (Å²) in [4.78, 5) is 11.3. The molecule has 30 heavy (non-hydrogen) atoms. The lowest BCUT2D eigenvalue weighted by atomic mass is 10.00. The Labute approximate surface area is 176 Å². The van der Waals surface area contributed by atoms with Gasteiger partial charge in [0.2, 0.25) is 0 Å². The van der Waals surface area contributed by atoms with Crippen LogP contribution in [0.3, 0.4) is 0 Å². The number of para-hydroxylation sites is 1. The van der Waals surface area contributed by atoms with Crippen molar-refractivity contribution in [3.63, 3.8) is 0 Å². The van der Waals surface area contributed by atoms with E-state index >= 15 is 0 Å². The van der Waals surface area contributed by atoms with Gasteiger partial charge in [-0.1, -0.05) is 23.4 Å². The summed E-state index contributed by atoms with van der Waals surface area (Å²) in [6.07, 6.45) is 6.74. The molecule has 2 fully saturated rings. The van der Waals surface area contributed by atoms with E-state index in [4.69, 9.17) is 14.0 Å². The highest BCUT2D eigenvalue weighted by Gasteiger charge is 2.26. The van der Waals surface area contributed by atoms with Crippen LogP contribution in [0.2, 0.25) is 0 Å². The molecule has 2 aliphatic heterocycles. The number of ether oxygens (including phenoxy) is 2. The first-order chi connectivity index (χ1) is 14.8. The molecular formula is C23H26N4O3. The molecule has 0 spiro atoms. The second kappa shape index (κ2) is 8.93. The van der Waals surface area contributed by atoms with Gasteiger partial charge in [-0.15, -0.1) is 0 Å². The van der Waals surface area contributed by atoms with Crippen molar-refractivity contribution in [2.75, 3.05) is 26.3 Å². The molecular weight excluding hydrogens is 380 g/mol. The Morgan fingerprint density at radius 1 is 1.07 bits per heavy atom. The monoisotopic (exact) mass is 406 g/mol. The van der Waals surface area contributed by atoms with Gasteiger partial charge < -0.3 is 14.0 Å². The predicted molar refractivity (Wildman–Crippen MR) is 111 cm³/mol. The zero-order valence-corrected chi connectivity index (χ0v) is 16.9. The van der Waals surface area contributed by atoms with E-state index in [1.165, 1.54) is 5.56 Å². The predicted octanol–water partition coefficient (Wildman–Crippen LogP) is 3.68. The molecule has 3 aromatic rings. The summed E-state index contributed by atoms with van der Waals surface area (Å²) in [5.74, 6) is 2.40. The first-order valence-corrected chi connectivity index (χ1v) is 10.6. The summed E-state index contributed by atoms with van der Waals surface area (Å²) in [7, 11) is 0. The van der Waals surface area contributed by atoms with Crippen molar-refractivity contribution in [2.24, 2.45) is 0 Å². The molecule has 5 rings (SSSR count). The van der Waals surface area contributed by atoms with E-state index in [1.54, 1.807) is 6.20 Å². The van der Waals surface area contributed by atoms with Crippen LogP contribution in [0.4, 0.5) is 0 Å². The quantitative estimate of drug-likeness (QED) is 0.618. The molecule has 0 radical (unpaired) electrons. The first-order valence-electron chi connectivity index (χ1n) is 10.6. The second-order valence-electron chi connectivity index (χ2n) is 7.97. The van der Waals surface area contributed by atoms with Crippen molar-refractivity contribution < 1.29 is 14.0 Å². The number of hydrogen-bond donors (Lipinski definition) is 0. The smallest absolute Gasteiger partial charge is 0.261 e. The van der Waals surface area contributed by atoms with E-state index in [1.807, 2.05) is 36.5 Å². The average molecular weight is 406 g/mol. The van der Waals surface area contributed by atoms with Crippen LogP contribution < -0.4 is 4.74 Å². The molecule has 2 saturated heterocycles. The fourth-order valence-corrected chi connectivity index (χ4v) is 4.18. The SMILES string of the molecule is c1cncc(CN2CCC(Oc3ccccc3-c3nc(C4CCOCC4)no3)C2)c1. The molecule has 2 aromatic heterocycles. The Hall–Kier alpha value is -2.77. The third-order valence-electron chi connectivity index (χ3n) is 5.80. The Balaban J connectivity index is 1.26. The summed E-state index contributed by atoms with van der Waals surface area (Å²) in [5.41, 5.74) is 2.08. The molecule has 1 aromatic carbocycles. The van der Waals surface area contributed by atoms with Crippen molar-refractivity contribution in [2.45, 2.75) is 37.8 Å². The minimum atomic E-state index is 0.140. The van der Waals surface area contributed by atoms with Crippen LogP contribution >= 0.6 is 0 Å². The topological polar surface area (TPSA) is 73.5 Å². The van der Waals surface area contributed by atoms with E-state index in [0.29, 0.717) is 11.8 Å². The van der Waals surface area contributed by atoms with Gasteiger partial charge >= 0.3 is 0 Å². The number of nitrogens with zero attached hydrogens (tertiary/aromatic N) is 4. The molecule has 1 unspecified atom stereocenters. The Morgan fingerprint density at radius 2 is 1.97 bits per heavy atom. The van der Waals surface area contributed by atoms with Gasteiger partial charge in [-0.2, -0.15) is 4.98 Å². The van der Waals surface area contributed by atoms with Crippen molar-refractivity contribution in [3.05, 3.63) is 60.2 Å². The van der Waals surface area contributed by atoms with Gasteiger partial charge in [-0.3, -0.25) is 9.88 Å². The normalized spacial score (nSPS) is 20.5. The van der Waals surface area contributed by atoms with E-state index < -0.39 is 0 Å². The van der Waals surface area contributed by atoms with Gasteiger partial charge in [0.15, 0.2) is 5.82 Å². The van der Waals surface area contributed by atoms with Crippen molar-refractivity contribution in [1.29, 1.82) is 0 Å². The highest BCUT2D eigenvalue weighted by Crippen LogP contribution is 2.33. The maximum Gasteiger partial charge on any atom is 0.261 e. The van der Waals surface area contributed by atoms with Crippen molar-refractivity contribution in [3.8, 4) is 17.2 Å². The summed E-state index contributed by atoms with van der Waals surface area (Å²) in [5, 5.41) is 4.24. The molecule has 0 saturated carbocycles. The highest BCUT2D eigenvalue weighted by molar-refractivity contribution is 5.62. The standard InChI is InChI=1S/C23H26N4O3/c1-2-6-21(29-19-7-11-27(16-19)15-17-4-3-10-24-14-17)20(5-1)23-25-22(26-30-23)18-8-12-28-13-9-18/h1-6,10,14,18-19H,7-9,11-13,15-16H2. The number of aromatic nitrogens is 3. The van der Waals surface area contributed by atoms with Gasteiger partial charge in [0, 0.05) is 51.2 Å². The first kappa shape index (κ1) is 19.2. The zero-order valence-electron chi connectivity index (χ0n) is 16.9. The van der Waals surface area contributed by atoms with Gasteiger partial charge in [0.25, 0.3) is 5.89 Å². The van der Waals surface area contributed by atoms with Gasteiger partial charge in [0.1, 0.15) is 11.9 Å². The third-order valence-corrected chi connectivity index (χ3v) is 5.80. The van der Waals surface area contributed by atoms with Crippen LogP contribution in [0.15, 0.2) is 53.3 Å². The van der Waals surface area contributed by atoms with Gasteiger partial charge in [0.05, 0.1) is 5.56 Å². The number of hydrogen-bond acceptors (Lipinski definition) is 7. The van der Waals surface area contributed by atoms with E-state index in [0.717, 1.165) is 69.2 Å². The lowest BCUT2D eigenvalue weighted by molar-refractivity contribution is 0.0830. The summed E-state index contributed by atoms with van der Waals surface area (Å²) in [6.45, 7) is 4.31. The molecule has 1 atom stereocenters. The molecule has 7 heteroatoms. The average Bonchev–Trinajstić information content (AvgIpc) is 3.46. The molecule has 7 nitrogen and oxygen atoms in total. The summed E-state index contributed by atoms with van der Waals surface area (Å²) < 4.78 is 17.4. The Morgan fingerprint density at radius 3 is 2.83 bits per heavy atom. The van der Waals surface area contributed by atoms with Crippen LogP contribution in [0, 0.1) is 0 Å². The molecule has 0 N–H and O–H groups in total. The largest absolute Gasteiger partial charge is 0.488 e. The second-order valence-corrected chi connectivity index (χ2v) is 7.97. The minimum Gasteiger partial charge on any atom is -0.488 e. The van der Waals surface area contributed by atoms with Crippen LogP contribution in [0.5, 0.6) is 5.75 Å². The van der Waals surface area contributed by atoms with Crippen molar-refractivity contribution in [1.82, 2.24) is 20.0 Å². The maximum absolute atomic E-state index is 6.38. The Kier molecular flexibility index (Phi) is 5.72. The summed E-state index contributed by atoms with van der Waals surface area (Å²) in [6, 6.07) is 12.0. The molecule has 0 aliphatic carbocycles. The zero-order chi connectivity index (χ0) is 20.2. The van der Waals surface area contributed by atoms with Gasteiger partial charge in [-0.05, 0) is 43.0 Å². The molecule has 4 heterocycles. The fraction of sp³-hybridized carbons (Fsp3) is 0.435. The maximum atomic E-state index is 6.38. The third kappa shape index (κ3) is 4.37. The van der Waals surface area contributed by atoms with E-state index in [9.17, 15) is 0 Å². The fourth-order valence-electron chi connectivity index (χ4n) is 4.18. The molecule has 156 valence electrons. The van der Waals surface area contributed by atoms with Crippen LogP contribution in [0.1, 0.15) is 36.6 Å². The molecule has 0 bridgehead atoms. The lowest BCUT2D eigenvalue weighted by Crippen LogP contribution is -2.24. The summed E-state index contributed by atoms with van der Waals surface area (Å²) >= 11 is 0. The van der Waals surface area contributed by atoms with E-state index in [2.05, 4.69) is 26.1 Å². The molecule has 2 aliphatic rings. The minimum absolute atomic E-state index is 0.140. The Bertz CT molecular complexity index is 956. The van der Waals surface area contributed by atoms with E-state index in [-0.39, 0.29) is 6.10 Å². The number of likely N-dealkylation sites (tertiary alicyclic amines) is 1.